The molecule has 0 spiro atoms. The number of nitrogens with one attached hydrogen (secondary N) is 1. The molecule has 126 valence electrons. The van der Waals surface area contributed by atoms with Crippen LogP contribution in [0.2, 0.25) is 0 Å². The van der Waals surface area contributed by atoms with Crippen molar-refractivity contribution in [2.45, 2.75) is 20.4 Å². The lowest BCUT2D eigenvalue weighted by atomic mass is 10.1. The summed E-state index contributed by atoms with van der Waals surface area (Å²) in [5.41, 5.74) is 0.271. The third-order valence-electron chi connectivity index (χ3n) is 3.27. The zero-order valence-electron chi connectivity index (χ0n) is 13.3. The summed E-state index contributed by atoms with van der Waals surface area (Å²) in [7, 11) is 1.20. The number of hydrogen-bond donors (Lipinski definition) is 1. The van der Waals surface area contributed by atoms with Crippen LogP contribution in [-0.2, 0) is 11.3 Å². The van der Waals surface area contributed by atoms with Gasteiger partial charge >= 0.3 is 11.7 Å². The Balaban J connectivity index is 2.26. The molecule has 0 unspecified atom stereocenters. The molecule has 0 saturated heterocycles. The number of ether oxygens (including phenoxy) is 1. The first kappa shape index (κ1) is 17.3. The van der Waals surface area contributed by atoms with Crippen LogP contribution < -0.4 is 5.32 Å². The second-order valence-corrected chi connectivity index (χ2v) is 4.96. The number of aromatic nitrogens is 2. The van der Waals surface area contributed by atoms with Gasteiger partial charge in [0.05, 0.1) is 17.6 Å². The van der Waals surface area contributed by atoms with E-state index in [1.54, 1.807) is 6.92 Å². The van der Waals surface area contributed by atoms with Gasteiger partial charge in [0.2, 0.25) is 5.82 Å². The Morgan fingerprint density at radius 1 is 1.38 bits per heavy atom. The van der Waals surface area contributed by atoms with Crippen LogP contribution in [0, 0.1) is 29.8 Å². The number of anilines is 1. The quantitative estimate of drug-likeness (QED) is 0.508. The van der Waals surface area contributed by atoms with Gasteiger partial charge in [-0.25, -0.2) is 19.2 Å². The molecule has 0 bridgehead atoms. The molecule has 1 heterocycles. The lowest BCUT2D eigenvalue weighted by molar-refractivity contribution is -0.385. The Hall–Kier alpha value is -3.10. The van der Waals surface area contributed by atoms with Crippen molar-refractivity contribution in [3.8, 4) is 0 Å². The van der Waals surface area contributed by atoms with Crippen LogP contribution in [0.5, 0.6) is 0 Å². The SMILES string of the molecule is COC(=O)c1ccc(CNc2nc(C)nc(C)c2[N+](=O)[O-])c(F)c1. The molecule has 1 aromatic heterocycles. The van der Waals surface area contributed by atoms with Crippen LogP contribution in [0.15, 0.2) is 18.2 Å². The van der Waals surface area contributed by atoms with Crippen LogP contribution in [0.4, 0.5) is 15.9 Å². The minimum Gasteiger partial charge on any atom is -0.465 e. The van der Waals surface area contributed by atoms with Crippen molar-refractivity contribution in [2.24, 2.45) is 0 Å². The largest absolute Gasteiger partial charge is 0.465 e. The van der Waals surface area contributed by atoms with E-state index in [-0.39, 0.29) is 34.9 Å². The topological polar surface area (TPSA) is 107 Å². The van der Waals surface area contributed by atoms with Crippen molar-refractivity contribution in [2.75, 3.05) is 12.4 Å². The van der Waals surface area contributed by atoms with Gasteiger partial charge in [-0.15, -0.1) is 0 Å². The predicted octanol–water partition coefficient (Wildman–Crippen LogP) is 2.54. The minimum atomic E-state index is -0.647. The molecule has 0 aliphatic heterocycles. The molecule has 0 fully saturated rings. The minimum absolute atomic E-state index is 0.0152. The Kier molecular flexibility index (Phi) is 5.02. The summed E-state index contributed by atoms with van der Waals surface area (Å²) >= 11 is 0. The summed E-state index contributed by atoms with van der Waals surface area (Å²) in [6.45, 7) is 3.07. The molecule has 0 aliphatic rings. The van der Waals surface area contributed by atoms with Gasteiger partial charge in [0.15, 0.2) is 0 Å². The van der Waals surface area contributed by atoms with Gasteiger partial charge in [-0.2, -0.15) is 0 Å². The number of carbonyl (C=O) groups is 1. The third-order valence-corrected chi connectivity index (χ3v) is 3.27. The lowest BCUT2D eigenvalue weighted by Gasteiger charge is -2.10. The average molecular weight is 334 g/mol. The summed E-state index contributed by atoms with van der Waals surface area (Å²) in [5, 5.41) is 13.9. The average Bonchev–Trinajstić information content (AvgIpc) is 2.51. The second kappa shape index (κ2) is 6.99. The van der Waals surface area contributed by atoms with Gasteiger partial charge in [-0.1, -0.05) is 6.07 Å². The highest BCUT2D eigenvalue weighted by molar-refractivity contribution is 5.89. The first-order valence-electron chi connectivity index (χ1n) is 6.93. The summed E-state index contributed by atoms with van der Waals surface area (Å²) in [5.74, 6) is -0.898. The van der Waals surface area contributed by atoms with Gasteiger partial charge in [0, 0.05) is 12.1 Å². The van der Waals surface area contributed by atoms with E-state index in [0.29, 0.717) is 5.82 Å². The number of methoxy groups -OCH3 is 1. The predicted molar refractivity (Wildman–Crippen MR) is 83.2 cm³/mol. The zero-order valence-corrected chi connectivity index (χ0v) is 13.3. The van der Waals surface area contributed by atoms with E-state index in [0.717, 1.165) is 6.07 Å². The summed E-state index contributed by atoms with van der Waals surface area (Å²) in [6.07, 6.45) is 0. The molecular formula is C15H15FN4O4. The first-order chi connectivity index (χ1) is 11.3. The maximum Gasteiger partial charge on any atom is 0.337 e. The highest BCUT2D eigenvalue weighted by Crippen LogP contribution is 2.25. The maximum absolute atomic E-state index is 14.1. The monoisotopic (exact) mass is 334 g/mol. The summed E-state index contributed by atoms with van der Waals surface area (Å²) < 4.78 is 18.6. The van der Waals surface area contributed by atoms with E-state index in [1.165, 1.54) is 26.2 Å². The standard InChI is InChI=1S/C15H15FN4O4/c1-8-13(20(22)23)14(19-9(2)18-8)17-7-11-5-4-10(6-12(11)16)15(21)24-3/h4-6H,7H2,1-3H3,(H,17,18,19). The van der Waals surface area contributed by atoms with E-state index in [1.807, 2.05) is 0 Å². The van der Waals surface area contributed by atoms with Gasteiger partial charge in [0.25, 0.3) is 0 Å². The van der Waals surface area contributed by atoms with Gasteiger partial charge in [-0.05, 0) is 26.0 Å². The van der Waals surface area contributed by atoms with E-state index in [4.69, 9.17) is 0 Å². The van der Waals surface area contributed by atoms with E-state index in [9.17, 15) is 19.3 Å². The van der Waals surface area contributed by atoms with Crippen LogP contribution in [-0.4, -0.2) is 28.0 Å². The number of benzene rings is 1. The molecule has 0 saturated carbocycles. The van der Waals surface area contributed by atoms with Crippen molar-refractivity contribution in [3.05, 3.63) is 56.8 Å². The van der Waals surface area contributed by atoms with E-state index in [2.05, 4.69) is 20.0 Å². The van der Waals surface area contributed by atoms with Crippen molar-refractivity contribution >= 4 is 17.5 Å². The number of hydrogen-bond acceptors (Lipinski definition) is 7. The molecule has 2 aromatic rings. The molecule has 0 atom stereocenters. The molecule has 1 aromatic carbocycles. The van der Waals surface area contributed by atoms with E-state index >= 15 is 0 Å². The second-order valence-electron chi connectivity index (χ2n) is 4.96. The Morgan fingerprint density at radius 3 is 2.67 bits per heavy atom. The fourth-order valence-corrected chi connectivity index (χ4v) is 2.16. The number of nitro groups is 1. The Labute approximate surface area is 136 Å². The maximum atomic E-state index is 14.1. The van der Waals surface area contributed by atoms with E-state index < -0.39 is 16.7 Å². The van der Waals surface area contributed by atoms with Gasteiger partial charge < -0.3 is 10.1 Å². The van der Waals surface area contributed by atoms with Crippen LogP contribution in [0.1, 0.15) is 27.4 Å². The Bertz CT molecular complexity index is 810. The molecule has 0 radical (unpaired) electrons. The Morgan fingerprint density at radius 2 is 2.08 bits per heavy atom. The molecule has 9 heteroatoms. The van der Waals surface area contributed by atoms with Gasteiger partial charge in [0.1, 0.15) is 17.3 Å². The van der Waals surface area contributed by atoms with Crippen LogP contribution in [0.25, 0.3) is 0 Å². The van der Waals surface area contributed by atoms with Crippen molar-refractivity contribution in [1.82, 2.24) is 9.97 Å². The first-order valence-corrected chi connectivity index (χ1v) is 6.93. The van der Waals surface area contributed by atoms with Crippen LogP contribution in [0.3, 0.4) is 0 Å². The van der Waals surface area contributed by atoms with Gasteiger partial charge in [-0.3, -0.25) is 10.1 Å². The highest BCUT2D eigenvalue weighted by atomic mass is 19.1. The number of rotatable bonds is 5. The zero-order chi connectivity index (χ0) is 17.9. The molecule has 0 amide bonds. The molecular weight excluding hydrogens is 319 g/mol. The number of esters is 1. The fourth-order valence-electron chi connectivity index (χ4n) is 2.16. The van der Waals surface area contributed by atoms with Crippen molar-refractivity contribution in [3.63, 3.8) is 0 Å². The number of carbonyl (C=O) groups excluding carboxylic acids is 1. The fraction of sp³-hybridized carbons (Fsp3) is 0.267. The molecule has 0 aliphatic carbocycles. The smallest absolute Gasteiger partial charge is 0.337 e. The third kappa shape index (κ3) is 3.62. The number of halogens is 1. The molecule has 24 heavy (non-hydrogen) atoms. The summed E-state index contributed by atoms with van der Waals surface area (Å²) in [4.78, 5) is 29.9. The van der Waals surface area contributed by atoms with Crippen molar-refractivity contribution < 1.29 is 18.8 Å². The number of nitrogens with zero attached hydrogens (tertiary/aromatic N) is 3. The number of aryl methyl sites for hydroxylation is 2. The highest BCUT2D eigenvalue weighted by Gasteiger charge is 2.21. The molecule has 2 rings (SSSR count). The normalized spacial score (nSPS) is 10.3. The molecule has 8 nitrogen and oxygen atoms in total. The molecule has 1 N–H and O–H groups in total. The van der Waals surface area contributed by atoms with Crippen LogP contribution >= 0.6 is 0 Å². The van der Waals surface area contributed by atoms with Crippen molar-refractivity contribution in [1.29, 1.82) is 0 Å². The lowest BCUT2D eigenvalue weighted by Crippen LogP contribution is -2.10. The summed E-state index contributed by atoms with van der Waals surface area (Å²) in [6, 6.07) is 3.87.